The van der Waals surface area contributed by atoms with Crippen molar-refractivity contribution >= 4 is 55.8 Å². The van der Waals surface area contributed by atoms with Crippen LogP contribution < -0.4 is 11.1 Å². The molecular formula is C23H19ClN4O3S2. The first-order valence-electron chi connectivity index (χ1n) is 10.3. The van der Waals surface area contributed by atoms with E-state index in [-0.39, 0.29) is 17.0 Å². The number of halogens is 1. The topological polar surface area (TPSA) is 93.8 Å². The quantitative estimate of drug-likeness (QED) is 0.243. The number of aromatic nitrogens is 4. The molecule has 4 heterocycles. The number of nitrogens with one attached hydrogen (secondary N) is 1. The van der Waals surface area contributed by atoms with E-state index in [1.807, 2.05) is 25.3 Å². The molecule has 0 amide bonds. The third kappa shape index (κ3) is 4.23. The smallest absolute Gasteiger partial charge is 0.262 e. The average Bonchev–Trinajstić information content (AvgIpc) is 3.44. The Hall–Kier alpha value is -2.88. The minimum Gasteiger partial charge on any atom is -0.464 e. The van der Waals surface area contributed by atoms with Crippen LogP contribution in [0.15, 0.2) is 61.1 Å². The van der Waals surface area contributed by atoms with Crippen molar-refractivity contribution < 1.29 is 4.42 Å². The van der Waals surface area contributed by atoms with Crippen molar-refractivity contribution in [2.75, 3.05) is 0 Å². The van der Waals surface area contributed by atoms with E-state index in [0.717, 1.165) is 5.56 Å². The van der Waals surface area contributed by atoms with Crippen molar-refractivity contribution in [3.63, 3.8) is 0 Å². The maximum absolute atomic E-state index is 13.2. The average molecular weight is 499 g/mol. The molecule has 168 valence electrons. The van der Waals surface area contributed by atoms with Gasteiger partial charge in [-0.15, -0.1) is 11.3 Å². The molecule has 0 fully saturated rings. The molecule has 0 aliphatic heterocycles. The van der Waals surface area contributed by atoms with Gasteiger partial charge in [0.1, 0.15) is 16.4 Å². The Labute approximate surface area is 201 Å². The maximum Gasteiger partial charge on any atom is 0.262 e. The molecule has 0 radical (unpaired) electrons. The molecule has 4 aromatic heterocycles. The second-order valence-corrected chi connectivity index (χ2v) is 10.2. The van der Waals surface area contributed by atoms with Gasteiger partial charge in [0.2, 0.25) is 0 Å². The van der Waals surface area contributed by atoms with Crippen molar-refractivity contribution in [3.05, 3.63) is 73.5 Å². The van der Waals surface area contributed by atoms with Crippen LogP contribution in [-0.4, -0.2) is 19.5 Å². The Kier molecular flexibility index (Phi) is 5.86. The van der Waals surface area contributed by atoms with Crippen molar-refractivity contribution in [2.24, 2.45) is 5.92 Å². The van der Waals surface area contributed by atoms with Gasteiger partial charge in [-0.05, 0) is 36.2 Å². The van der Waals surface area contributed by atoms with Gasteiger partial charge in [-0.2, -0.15) is 0 Å². The van der Waals surface area contributed by atoms with Crippen molar-refractivity contribution in [1.82, 2.24) is 19.5 Å². The van der Waals surface area contributed by atoms with E-state index < -0.39 is 0 Å². The lowest BCUT2D eigenvalue weighted by Crippen LogP contribution is -2.25. The van der Waals surface area contributed by atoms with Crippen LogP contribution in [0.4, 0.5) is 0 Å². The predicted molar refractivity (Wildman–Crippen MR) is 133 cm³/mol. The summed E-state index contributed by atoms with van der Waals surface area (Å²) in [6.45, 7) is 4.61. The van der Waals surface area contributed by atoms with Gasteiger partial charge in [-0.25, -0.2) is 9.97 Å². The molecular weight excluding hydrogens is 480 g/mol. The van der Waals surface area contributed by atoms with Crippen LogP contribution in [0.2, 0.25) is 5.02 Å². The van der Waals surface area contributed by atoms with E-state index in [1.54, 1.807) is 35.1 Å². The fraction of sp³-hybridized carbons (Fsp3) is 0.217. The van der Waals surface area contributed by atoms with Gasteiger partial charge in [0.25, 0.3) is 11.1 Å². The summed E-state index contributed by atoms with van der Waals surface area (Å²) in [5.74, 6) is 1.77. The Morgan fingerprint density at radius 2 is 2.09 bits per heavy atom. The monoisotopic (exact) mass is 498 g/mol. The molecule has 0 saturated carbocycles. The van der Waals surface area contributed by atoms with Crippen LogP contribution in [0, 0.1) is 5.92 Å². The number of nitrogens with zero attached hydrogens (tertiary/aromatic N) is 3. The molecule has 0 aliphatic carbocycles. The molecule has 7 nitrogen and oxygen atoms in total. The van der Waals surface area contributed by atoms with Crippen LogP contribution in [0.5, 0.6) is 0 Å². The van der Waals surface area contributed by atoms with Gasteiger partial charge in [0.05, 0.1) is 28.3 Å². The third-order valence-electron chi connectivity index (χ3n) is 5.05. The minimum atomic E-state index is -0.219. The highest BCUT2D eigenvalue weighted by Gasteiger charge is 2.17. The predicted octanol–water partition coefficient (Wildman–Crippen LogP) is 5.56. The second-order valence-electron chi connectivity index (χ2n) is 7.97. The van der Waals surface area contributed by atoms with Crippen molar-refractivity contribution in [2.45, 2.75) is 31.3 Å². The normalized spacial score (nSPS) is 11.8. The van der Waals surface area contributed by atoms with Crippen LogP contribution in [-0.2, 0) is 12.3 Å². The van der Waals surface area contributed by atoms with E-state index in [0.29, 0.717) is 55.2 Å². The number of fused-ring (bicyclic) bond motifs is 2. The van der Waals surface area contributed by atoms with Crippen LogP contribution in [0.1, 0.15) is 19.7 Å². The first-order chi connectivity index (χ1) is 15.9. The van der Waals surface area contributed by atoms with Crippen LogP contribution in [0.3, 0.4) is 0 Å². The number of hydrogen-bond acceptors (Lipinski definition) is 7. The molecule has 0 atom stereocenters. The van der Waals surface area contributed by atoms with E-state index >= 15 is 0 Å². The summed E-state index contributed by atoms with van der Waals surface area (Å²) in [6.07, 6.45) is 1.58. The fourth-order valence-electron chi connectivity index (χ4n) is 3.62. The lowest BCUT2D eigenvalue weighted by Gasteiger charge is -2.15. The molecule has 1 N–H and O–H groups in total. The van der Waals surface area contributed by atoms with Gasteiger partial charge in [0, 0.05) is 22.5 Å². The Bertz CT molecular complexity index is 1590. The number of thiophene rings is 1. The number of hydrogen-bond donors (Lipinski definition) is 1. The zero-order valence-electron chi connectivity index (χ0n) is 17.8. The number of benzene rings is 1. The van der Waals surface area contributed by atoms with Crippen molar-refractivity contribution in [3.8, 4) is 11.3 Å². The standard InChI is InChI=1S/C23H19ClN4O3S2/c1-12(2)9-28-22(30)14-8-13(24)5-6-16(14)25-23(28)33-11-18-26-20(29)19-15(10-32-21(19)27-18)17-4-3-7-31-17/h3-8,10,12H,9,11H2,1-2H3,(H,26,27,29). The summed E-state index contributed by atoms with van der Waals surface area (Å²) in [4.78, 5) is 38.9. The Morgan fingerprint density at radius 3 is 2.85 bits per heavy atom. The highest BCUT2D eigenvalue weighted by molar-refractivity contribution is 7.98. The number of thioether (sulfide) groups is 1. The van der Waals surface area contributed by atoms with Gasteiger partial charge >= 0.3 is 0 Å². The number of rotatable bonds is 6. The molecule has 0 aliphatic rings. The second kappa shape index (κ2) is 8.81. The van der Waals surface area contributed by atoms with Crippen LogP contribution in [0.25, 0.3) is 32.4 Å². The Morgan fingerprint density at radius 1 is 1.24 bits per heavy atom. The largest absolute Gasteiger partial charge is 0.464 e. The molecule has 1 aromatic carbocycles. The van der Waals surface area contributed by atoms with Gasteiger partial charge < -0.3 is 9.40 Å². The zero-order valence-corrected chi connectivity index (χ0v) is 20.2. The third-order valence-corrected chi connectivity index (χ3v) is 7.14. The molecule has 0 saturated heterocycles. The lowest BCUT2D eigenvalue weighted by molar-refractivity contribution is 0.475. The molecule has 33 heavy (non-hydrogen) atoms. The molecule has 0 spiro atoms. The van der Waals surface area contributed by atoms with Gasteiger partial charge in [-0.1, -0.05) is 37.2 Å². The van der Waals surface area contributed by atoms with E-state index in [9.17, 15) is 9.59 Å². The van der Waals surface area contributed by atoms with Crippen molar-refractivity contribution in [1.29, 1.82) is 0 Å². The number of aromatic amines is 1. The first-order valence-corrected chi connectivity index (χ1v) is 12.5. The van der Waals surface area contributed by atoms with E-state index in [4.69, 9.17) is 21.0 Å². The Balaban J connectivity index is 1.51. The molecule has 5 rings (SSSR count). The fourth-order valence-corrected chi connectivity index (χ4v) is 5.61. The summed E-state index contributed by atoms with van der Waals surface area (Å²) in [7, 11) is 0. The summed E-state index contributed by atoms with van der Waals surface area (Å²) in [6, 6.07) is 8.72. The minimum absolute atomic E-state index is 0.128. The summed E-state index contributed by atoms with van der Waals surface area (Å²) < 4.78 is 7.12. The van der Waals surface area contributed by atoms with E-state index in [1.165, 1.54) is 23.1 Å². The summed E-state index contributed by atoms with van der Waals surface area (Å²) in [5.41, 5.74) is 0.972. The van der Waals surface area contributed by atoms with Crippen LogP contribution >= 0.6 is 34.7 Å². The SMILES string of the molecule is CC(C)Cn1c(SCc2nc3scc(-c4ccco4)c3c(=O)[nH]2)nc2ccc(Cl)cc2c1=O. The molecule has 5 aromatic rings. The lowest BCUT2D eigenvalue weighted by atomic mass is 10.2. The summed E-state index contributed by atoms with van der Waals surface area (Å²) >= 11 is 8.86. The van der Waals surface area contributed by atoms with Gasteiger partial charge in [0.15, 0.2) is 5.16 Å². The van der Waals surface area contributed by atoms with Gasteiger partial charge in [-0.3, -0.25) is 14.2 Å². The highest BCUT2D eigenvalue weighted by atomic mass is 35.5. The maximum atomic E-state index is 13.2. The number of H-pyrrole nitrogens is 1. The highest BCUT2D eigenvalue weighted by Crippen LogP contribution is 2.31. The molecule has 10 heteroatoms. The number of furan rings is 1. The zero-order chi connectivity index (χ0) is 23.1. The summed E-state index contributed by atoms with van der Waals surface area (Å²) in [5, 5.41) is 3.95. The molecule has 0 unspecified atom stereocenters. The first kappa shape index (κ1) is 21.9. The van der Waals surface area contributed by atoms with E-state index in [2.05, 4.69) is 9.97 Å². The molecule has 0 bridgehead atoms.